The van der Waals surface area contributed by atoms with Gasteiger partial charge in [0.2, 0.25) is 21.6 Å². The summed E-state index contributed by atoms with van der Waals surface area (Å²) in [5.74, 6) is 0.765. The maximum atomic E-state index is 13.4. The van der Waals surface area contributed by atoms with Crippen LogP contribution in [0.5, 0.6) is 0 Å². The van der Waals surface area contributed by atoms with E-state index in [1.807, 2.05) is 0 Å². The molecule has 6 rings (SSSR count). The van der Waals surface area contributed by atoms with Gasteiger partial charge in [0.05, 0.1) is 9.79 Å². The second-order valence-electron chi connectivity index (χ2n) is 8.04. The number of oxazole rings is 2. The van der Waals surface area contributed by atoms with Gasteiger partial charge in [-0.05, 0) is 78.9 Å². The van der Waals surface area contributed by atoms with Gasteiger partial charge in [0.15, 0.2) is 11.2 Å². The average molecular weight is 483 g/mol. The predicted molar refractivity (Wildman–Crippen MR) is 133 cm³/mol. The summed E-state index contributed by atoms with van der Waals surface area (Å²) in [5.41, 5.74) is 16.1. The summed E-state index contributed by atoms with van der Waals surface area (Å²) in [6.45, 7) is 0. The highest BCUT2D eigenvalue weighted by Gasteiger charge is 2.21. The first-order valence-electron chi connectivity index (χ1n) is 10.6. The largest absolute Gasteiger partial charge is 0.436 e. The molecule has 0 saturated carbocycles. The van der Waals surface area contributed by atoms with Gasteiger partial charge < -0.3 is 20.3 Å². The topological polar surface area (TPSA) is 138 Å². The molecule has 0 amide bonds. The fourth-order valence-corrected chi connectivity index (χ4v) is 5.08. The lowest BCUT2D eigenvalue weighted by atomic mass is 10.2. The van der Waals surface area contributed by atoms with E-state index < -0.39 is 9.84 Å². The predicted octanol–water partition coefficient (Wildman–Crippen LogP) is 5.30. The number of hydrogen-bond acceptors (Lipinski definition) is 8. The van der Waals surface area contributed by atoms with Crippen LogP contribution in [0.15, 0.2) is 104 Å². The van der Waals surface area contributed by atoms with Gasteiger partial charge in [-0.1, -0.05) is 0 Å². The molecule has 2 heterocycles. The first kappa shape index (κ1) is 20.9. The van der Waals surface area contributed by atoms with Gasteiger partial charge >= 0.3 is 0 Å². The zero-order chi connectivity index (χ0) is 24.2. The lowest BCUT2D eigenvalue weighted by molar-refractivity contribution is 0.594. The molecule has 0 aliphatic heterocycles. The van der Waals surface area contributed by atoms with Gasteiger partial charge in [-0.25, -0.2) is 18.4 Å². The van der Waals surface area contributed by atoms with Crippen LogP contribution in [0.2, 0.25) is 0 Å². The zero-order valence-corrected chi connectivity index (χ0v) is 19.0. The minimum atomic E-state index is -3.85. The standard InChI is InChI=1S/C26H18N4O4S/c27-17-5-1-15(2-6-17)25-29-21-11-9-20(14-24(21)34-25)35(31,32)19-10-12-23-22(13-19)30-26(33-23)16-3-7-18(28)8-4-16/h1-14H,27-28H2. The smallest absolute Gasteiger partial charge is 0.227 e. The quantitative estimate of drug-likeness (QED) is 0.323. The van der Waals surface area contributed by atoms with Crippen LogP contribution >= 0.6 is 0 Å². The van der Waals surface area contributed by atoms with Crippen molar-refractivity contribution < 1.29 is 17.3 Å². The number of sulfone groups is 1. The Morgan fingerprint density at radius 3 is 1.71 bits per heavy atom. The lowest BCUT2D eigenvalue weighted by Crippen LogP contribution is -2.01. The number of rotatable bonds is 4. The molecule has 0 aliphatic carbocycles. The summed E-state index contributed by atoms with van der Waals surface area (Å²) in [7, 11) is -3.85. The Bertz CT molecular complexity index is 1690. The van der Waals surface area contributed by atoms with Crippen LogP contribution in [0.1, 0.15) is 0 Å². The molecule has 4 aromatic carbocycles. The monoisotopic (exact) mass is 482 g/mol. The summed E-state index contributed by atoms with van der Waals surface area (Å²) in [6.07, 6.45) is 0. The molecule has 0 saturated heterocycles. The van der Waals surface area contributed by atoms with Crippen molar-refractivity contribution in [2.24, 2.45) is 0 Å². The van der Waals surface area contributed by atoms with E-state index in [0.29, 0.717) is 45.4 Å². The van der Waals surface area contributed by atoms with Crippen molar-refractivity contribution in [1.29, 1.82) is 0 Å². The molecule has 0 bridgehead atoms. The van der Waals surface area contributed by atoms with Crippen LogP contribution in [-0.2, 0) is 9.84 Å². The molecule has 0 radical (unpaired) electrons. The Hall–Kier alpha value is -4.63. The minimum absolute atomic E-state index is 0.0895. The maximum absolute atomic E-state index is 13.4. The van der Waals surface area contributed by atoms with E-state index in [1.165, 1.54) is 24.3 Å². The molecule has 8 nitrogen and oxygen atoms in total. The molecule has 0 unspecified atom stereocenters. The summed E-state index contributed by atoms with van der Waals surface area (Å²) < 4.78 is 38.4. The zero-order valence-electron chi connectivity index (χ0n) is 18.2. The highest BCUT2D eigenvalue weighted by atomic mass is 32.2. The third-order valence-electron chi connectivity index (χ3n) is 5.65. The van der Waals surface area contributed by atoms with Crippen molar-refractivity contribution in [3.63, 3.8) is 0 Å². The number of hydrogen-bond donors (Lipinski definition) is 2. The van der Waals surface area contributed by atoms with E-state index in [-0.39, 0.29) is 9.79 Å². The van der Waals surface area contributed by atoms with Crippen LogP contribution in [-0.4, -0.2) is 18.4 Å². The third-order valence-corrected chi connectivity index (χ3v) is 7.40. The number of nitrogens with two attached hydrogens (primary N) is 2. The molecule has 35 heavy (non-hydrogen) atoms. The molecule has 0 atom stereocenters. The van der Waals surface area contributed by atoms with Crippen LogP contribution in [0.3, 0.4) is 0 Å². The Kier molecular flexibility index (Phi) is 4.61. The van der Waals surface area contributed by atoms with E-state index in [9.17, 15) is 8.42 Å². The van der Waals surface area contributed by atoms with Crippen molar-refractivity contribution in [2.45, 2.75) is 9.79 Å². The number of fused-ring (bicyclic) bond motifs is 2. The van der Waals surface area contributed by atoms with Gasteiger partial charge in [-0.3, -0.25) is 0 Å². The highest BCUT2D eigenvalue weighted by Crippen LogP contribution is 2.31. The lowest BCUT2D eigenvalue weighted by Gasteiger charge is -2.04. The van der Waals surface area contributed by atoms with Gasteiger partial charge in [0, 0.05) is 28.6 Å². The van der Waals surface area contributed by atoms with Crippen molar-refractivity contribution in [2.75, 3.05) is 11.5 Å². The van der Waals surface area contributed by atoms with Crippen molar-refractivity contribution in [1.82, 2.24) is 9.97 Å². The number of aromatic nitrogens is 2. The Morgan fingerprint density at radius 2 is 1.09 bits per heavy atom. The Morgan fingerprint density at radius 1 is 0.571 bits per heavy atom. The second kappa shape index (κ2) is 7.71. The van der Waals surface area contributed by atoms with Crippen LogP contribution in [0.25, 0.3) is 45.1 Å². The van der Waals surface area contributed by atoms with Crippen molar-refractivity contribution in [3.05, 3.63) is 84.9 Å². The molecular formula is C26H18N4O4S. The van der Waals surface area contributed by atoms with E-state index in [1.54, 1.807) is 60.7 Å². The molecule has 0 fully saturated rings. The number of nitrogen functional groups attached to an aromatic ring is 2. The second-order valence-corrected chi connectivity index (χ2v) is 9.99. The van der Waals surface area contributed by atoms with E-state index >= 15 is 0 Å². The van der Waals surface area contributed by atoms with Crippen LogP contribution in [0, 0.1) is 0 Å². The SMILES string of the molecule is Nc1ccc(-c2nc3cc(S(=O)(=O)c4ccc5nc(-c6ccc(N)cc6)oc5c4)ccc3o2)cc1. The number of benzene rings is 4. The van der Waals surface area contributed by atoms with Gasteiger partial charge in [-0.2, -0.15) is 0 Å². The third kappa shape index (κ3) is 3.68. The molecule has 172 valence electrons. The molecule has 9 heteroatoms. The van der Waals surface area contributed by atoms with E-state index in [0.717, 1.165) is 11.1 Å². The average Bonchev–Trinajstić information content (AvgIpc) is 3.48. The van der Waals surface area contributed by atoms with E-state index in [4.69, 9.17) is 20.3 Å². The molecule has 2 aromatic heterocycles. The fraction of sp³-hybridized carbons (Fsp3) is 0. The highest BCUT2D eigenvalue weighted by molar-refractivity contribution is 7.91. The fourth-order valence-electron chi connectivity index (χ4n) is 3.78. The molecular weight excluding hydrogens is 464 g/mol. The first-order chi connectivity index (χ1) is 16.9. The van der Waals surface area contributed by atoms with Crippen molar-refractivity contribution in [3.8, 4) is 22.9 Å². The summed E-state index contributed by atoms with van der Waals surface area (Å²) in [6, 6.07) is 23.4. The van der Waals surface area contributed by atoms with Crippen LogP contribution < -0.4 is 11.5 Å². The molecule has 0 spiro atoms. The van der Waals surface area contributed by atoms with Gasteiger partial charge in [0.1, 0.15) is 11.0 Å². The molecule has 6 aromatic rings. The normalized spacial score (nSPS) is 11.9. The minimum Gasteiger partial charge on any atom is -0.436 e. The number of nitrogens with zero attached hydrogens (tertiary/aromatic N) is 2. The summed E-state index contributed by atoms with van der Waals surface area (Å²) in [5, 5.41) is 0. The van der Waals surface area contributed by atoms with Crippen LogP contribution in [0.4, 0.5) is 11.4 Å². The maximum Gasteiger partial charge on any atom is 0.227 e. The molecule has 0 aliphatic rings. The molecule has 4 N–H and O–H groups in total. The summed E-state index contributed by atoms with van der Waals surface area (Å²) >= 11 is 0. The van der Waals surface area contributed by atoms with Gasteiger partial charge in [0.25, 0.3) is 0 Å². The number of anilines is 2. The first-order valence-corrected chi connectivity index (χ1v) is 12.1. The van der Waals surface area contributed by atoms with Crippen molar-refractivity contribution >= 4 is 43.4 Å². The van der Waals surface area contributed by atoms with E-state index in [2.05, 4.69) is 9.97 Å². The Labute approximate surface area is 199 Å². The Balaban J connectivity index is 1.37. The summed E-state index contributed by atoms with van der Waals surface area (Å²) in [4.78, 5) is 9.10. The van der Waals surface area contributed by atoms with Gasteiger partial charge in [-0.15, -0.1) is 0 Å².